The molecule has 4 nitrogen and oxygen atoms in total. The second-order valence-corrected chi connectivity index (χ2v) is 16.7. The zero-order chi connectivity index (χ0) is 42.8. The molecule has 0 N–H and O–H groups in total. The minimum atomic E-state index is 0.609. The van der Waals surface area contributed by atoms with Gasteiger partial charge in [0.1, 0.15) is 0 Å². The molecule has 4 heteroatoms. The lowest BCUT2D eigenvalue weighted by Crippen LogP contribution is -2.06. The highest BCUT2D eigenvalue weighted by Crippen LogP contribution is 2.50. The van der Waals surface area contributed by atoms with Crippen molar-refractivity contribution < 1.29 is 0 Å². The molecule has 0 amide bonds. The van der Waals surface area contributed by atoms with Crippen molar-refractivity contribution in [2.45, 2.75) is 0 Å². The molecule has 0 bridgehead atoms. The highest BCUT2D eigenvalue weighted by molar-refractivity contribution is 6.19. The van der Waals surface area contributed by atoms with Crippen LogP contribution < -0.4 is 0 Å². The lowest BCUT2D eigenvalue weighted by atomic mass is 9.84. The first-order valence-corrected chi connectivity index (χ1v) is 22.1. The second kappa shape index (κ2) is 15.0. The SMILES string of the molecule is c1ccc(-c2c(-c3ccccc3)c(-n3c4ccccc4c4cc5ccccc5cc43)c3ccccc3c2-c2nc(-c3ccc4ccccc4c3)nc(-c3cccc4ccccc34)n2)cc1. The summed E-state index contributed by atoms with van der Waals surface area (Å²) in [5.41, 5.74) is 10.5. The van der Waals surface area contributed by atoms with E-state index in [-0.39, 0.29) is 0 Å². The zero-order valence-corrected chi connectivity index (χ0v) is 35.2. The third-order valence-corrected chi connectivity index (χ3v) is 13.0. The predicted molar refractivity (Wildman–Crippen MR) is 271 cm³/mol. The molecule has 0 spiro atoms. The van der Waals surface area contributed by atoms with E-state index in [1.807, 2.05) is 0 Å². The molecule has 0 saturated heterocycles. The first-order chi connectivity index (χ1) is 32.2. The van der Waals surface area contributed by atoms with Gasteiger partial charge < -0.3 is 4.57 Å². The molecule has 11 aromatic carbocycles. The molecule has 13 aromatic rings. The Morgan fingerprint density at radius 1 is 0.262 bits per heavy atom. The fourth-order valence-electron chi connectivity index (χ4n) is 10.0. The third kappa shape index (κ3) is 6.03. The Bertz CT molecular complexity index is 4000. The summed E-state index contributed by atoms with van der Waals surface area (Å²) in [7, 11) is 0. The zero-order valence-electron chi connectivity index (χ0n) is 35.2. The van der Waals surface area contributed by atoms with E-state index in [9.17, 15) is 0 Å². The van der Waals surface area contributed by atoms with Crippen LogP contribution in [0.2, 0.25) is 0 Å². The summed E-state index contributed by atoms with van der Waals surface area (Å²) in [5, 5.41) is 11.5. The molecule has 302 valence electrons. The summed E-state index contributed by atoms with van der Waals surface area (Å²) in [6.45, 7) is 0. The van der Waals surface area contributed by atoms with Crippen molar-refractivity contribution in [3.05, 3.63) is 231 Å². The van der Waals surface area contributed by atoms with E-state index in [2.05, 4.69) is 235 Å². The average Bonchev–Trinajstić information content (AvgIpc) is 3.69. The summed E-state index contributed by atoms with van der Waals surface area (Å²) in [4.78, 5) is 16.5. The van der Waals surface area contributed by atoms with Crippen molar-refractivity contribution >= 4 is 64.9 Å². The fourth-order valence-corrected chi connectivity index (χ4v) is 10.0. The summed E-state index contributed by atoms with van der Waals surface area (Å²) in [5.74, 6) is 1.85. The molecular weight excluding hydrogens is 789 g/mol. The number of benzene rings is 11. The molecule has 2 aromatic heterocycles. The van der Waals surface area contributed by atoms with Crippen LogP contribution >= 0.6 is 0 Å². The molecule has 0 aliphatic rings. The number of hydrogen-bond acceptors (Lipinski definition) is 3. The summed E-state index contributed by atoms with van der Waals surface area (Å²) >= 11 is 0. The highest BCUT2D eigenvalue weighted by atomic mass is 15.0. The van der Waals surface area contributed by atoms with Crippen molar-refractivity contribution in [3.63, 3.8) is 0 Å². The minimum Gasteiger partial charge on any atom is -0.308 e. The van der Waals surface area contributed by atoms with Gasteiger partial charge in [-0.25, -0.2) is 15.0 Å². The van der Waals surface area contributed by atoms with Crippen LogP contribution in [-0.2, 0) is 0 Å². The fraction of sp³-hybridized carbons (Fsp3) is 0. The van der Waals surface area contributed by atoms with Gasteiger partial charge in [-0.15, -0.1) is 0 Å². The molecule has 0 atom stereocenters. The summed E-state index contributed by atoms with van der Waals surface area (Å²) in [6, 6.07) is 82.5. The molecule has 2 heterocycles. The Morgan fingerprint density at radius 3 is 1.55 bits per heavy atom. The van der Waals surface area contributed by atoms with Gasteiger partial charge in [0.25, 0.3) is 0 Å². The van der Waals surface area contributed by atoms with Gasteiger partial charge in [-0.2, -0.15) is 0 Å². The van der Waals surface area contributed by atoms with Crippen LogP contribution in [0, 0.1) is 0 Å². The molecule has 13 rings (SSSR count). The maximum absolute atomic E-state index is 5.58. The van der Waals surface area contributed by atoms with Gasteiger partial charge in [0, 0.05) is 44.0 Å². The minimum absolute atomic E-state index is 0.609. The monoisotopic (exact) mass is 826 g/mol. The van der Waals surface area contributed by atoms with E-state index in [4.69, 9.17) is 15.0 Å². The Hall–Kier alpha value is -8.73. The first kappa shape index (κ1) is 36.9. The number of fused-ring (bicyclic) bond motifs is 7. The summed E-state index contributed by atoms with van der Waals surface area (Å²) < 4.78 is 2.51. The first-order valence-electron chi connectivity index (χ1n) is 22.1. The van der Waals surface area contributed by atoms with Crippen molar-refractivity contribution in [1.82, 2.24) is 19.5 Å². The quantitative estimate of drug-likeness (QED) is 0.168. The van der Waals surface area contributed by atoms with Gasteiger partial charge in [-0.05, 0) is 73.1 Å². The lowest BCUT2D eigenvalue weighted by Gasteiger charge is -2.25. The van der Waals surface area contributed by atoms with Crippen molar-refractivity contribution in [1.29, 1.82) is 0 Å². The van der Waals surface area contributed by atoms with Crippen molar-refractivity contribution in [2.24, 2.45) is 0 Å². The van der Waals surface area contributed by atoms with E-state index >= 15 is 0 Å². The Labute approximate surface area is 375 Å². The van der Waals surface area contributed by atoms with Crippen LogP contribution in [0.3, 0.4) is 0 Å². The van der Waals surface area contributed by atoms with E-state index in [0.717, 1.165) is 82.6 Å². The third-order valence-electron chi connectivity index (χ3n) is 13.0. The highest BCUT2D eigenvalue weighted by Gasteiger charge is 2.28. The number of aromatic nitrogens is 4. The topological polar surface area (TPSA) is 43.6 Å². The van der Waals surface area contributed by atoms with Gasteiger partial charge in [-0.3, -0.25) is 0 Å². The van der Waals surface area contributed by atoms with Gasteiger partial charge in [0.2, 0.25) is 0 Å². The largest absolute Gasteiger partial charge is 0.308 e. The van der Waals surface area contributed by atoms with Crippen LogP contribution in [-0.4, -0.2) is 19.5 Å². The van der Waals surface area contributed by atoms with E-state index in [0.29, 0.717) is 17.5 Å². The van der Waals surface area contributed by atoms with E-state index < -0.39 is 0 Å². The van der Waals surface area contributed by atoms with Crippen LogP contribution in [0.1, 0.15) is 0 Å². The van der Waals surface area contributed by atoms with Gasteiger partial charge >= 0.3 is 0 Å². The maximum atomic E-state index is 5.58. The summed E-state index contributed by atoms with van der Waals surface area (Å²) in [6.07, 6.45) is 0. The molecule has 0 aliphatic carbocycles. The van der Waals surface area contributed by atoms with E-state index in [1.54, 1.807) is 0 Å². The molecule has 0 radical (unpaired) electrons. The van der Waals surface area contributed by atoms with Crippen LogP contribution in [0.25, 0.3) is 127 Å². The molecule has 0 unspecified atom stereocenters. The average molecular weight is 827 g/mol. The van der Waals surface area contributed by atoms with Crippen LogP contribution in [0.15, 0.2) is 231 Å². The van der Waals surface area contributed by atoms with Crippen LogP contribution in [0.4, 0.5) is 0 Å². The number of para-hydroxylation sites is 1. The lowest BCUT2D eigenvalue weighted by molar-refractivity contribution is 1.08. The molecule has 0 aliphatic heterocycles. The Morgan fingerprint density at radius 2 is 0.800 bits per heavy atom. The van der Waals surface area contributed by atoms with Gasteiger partial charge in [-0.1, -0.05) is 206 Å². The Kier molecular flexibility index (Phi) is 8.50. The van der Waals surface area contributed by atoms with Gasteiger partial charge in [0.15, 0.2) is 17.5 Å². The number of nitrogens with zero attached hydrogens (tertiary/aromatic N) is 4. The molecular formula is C61H38N4. The predicted octanol–water partition coefficient (Wildman–Crippen LogP) is 15.9. The van der Waals surface area contributed by atoms with Crippen molar-refractivity contribution in [3.8, 4) is 62.1 Å². The normalized spacial score (nSPS) is 11.7. The second-order valence-electron chi connectivity index (χ2n) is 16.7. The van der Waals surface area contributed by atoms with Crippen molar-refractivity contribution in [2.75, 3.05) is 0 Å². The standard InChI is InChI=1S/C61H38N4/c1-3-20-41(21-4-1)55-56(42-22-5-2-6-23-42)58(65-53-33-16-15-29-48(53)52-37-44-25-9-10-26-45(44)38-54(52)65)50-31-14-13-30-49(50)57(55)61-63-59(46-35-34-39-18-7-8-24-43(39)36-46)62-60(64-61)51-32-17-27-40-19-11-12-28-47(40)51/h1-38H. The van der Waals surface area contributed by atoms with Crippen LogP contribution in [0.5, 0.6) is 0 Å². The van der Waals surface area contributed by atoms with E-state index in [1.165, 1.54) is 26.9 Å². The smallest absolute Gasteiger partial charge is 0.165 e. The number of rotatable bonds is 6. The molecule has 0 saturated carbocycles. The Balaban J connectivity index is 1.22. The molecule has 65 heavy (non-hydrogen) atoms. The molecule has 0 fully saturated rings. The van der Waals surface area contributed by atoms with Gasteiger partial charge in [0.05, 0.1) is 16.7 Å². The maximum Gasteiger partial charge on any atom is 0.165 e. The number of hydrogen-bond donors (Lipinski definition) is 0.